The lowest BCUT2D eigenvalue weighted by Gasteiger charge is -2.19. The first-order chi connectivity index (χ1) is 9.86. The molecule has 1 aliphatic rings. The Labute approximate surface area is 118 Å². The number of hydrogen-bond donors (Lipinski definition) is 3. The van der Waals surface area contributed by atoms with Crippen LogP contribution in [0.3, 0.4) is 0 Å². The molecule has 1 atom stereocenters. The highest BCUT2D eigenvalue weighted by atomic mass is 19.4. The van der Waals surface area contributed by atoms with Gasteiger partial charge in [0.1, 0.15) is 0 Å². The fraction of sp³-hybridized carbons (Fsp3) is 0.385. The quantitative estimate of drug-likeness (QED) is 0.740. The summed E-state index contributed by atoms with van der Waals surface area (Å²) in [6.07, 6.45) is -4.54. The molecule has 1 aromatic rings. The van der Waals surface area contributed by atoms with E-state index >= 15 is 0 Å². The van der Waals surface area contributed by atoms with Crippen molar-refractivity contribution in [1.82, 2.24) is 5.32 Å². The summed E-state index contributed by atoms with van der Waals surface area (Å²) in [5.74, 6) is -0.729. The lowest BCUT2D eigenvalue weighted by molar-refractivity contribution is -0.678. The maximum absolute atomic E-state index is 12.6. The number of alkyl halides is 3. The van der Waals surface area contributed by atoms with Crippen LogP contribution in [0.5, 0.6) is 0 Å². The van der Waals surface area contributed by atoms with Gasteiger partial charge in [0.25, 0.3) is 5.91 Å². The Bertz CT molecular complexity index is 546. The Kier molecular flexibility index (Phi) is 4.46. The normalized spacial score (nSPS) is 19.0. The van der Waals surface area contributed by atoms with Gasteiger partial charge in [-0.25, -0.2) is 0 Å². The van der Waals surface area contributed by atoms with Gasteiger partial charge in [-0.3, -0.25) is 9.59 Å². The first-order valence-corrected chi connectivity index (χ1v) is 6.44. The Morgan fingerprint density at radius 3 is 2.86 bits per heavy atom. The number of nitrogens with two attached hydrogens (primary N) is 1. The molecule has 21 heavy (non-hydrogen) atoms. The summed E-state index contributed by atoms with van der Waals surface area (Å²) < 4.78 is 37.7. The summed E-state index contributed by atoms with van der Waals surface area (Å²) in [6.45, 7) is 1.22. The van der Waals surface area contributed by atoms with Gasteiger partial charge in [0, 0.05) is 5.69 Å². The fourth-order valence-corrected chi connectivity index (χ4v) is 2.08. The molecule has 0 aromatic heterocycles. The SMILES string of the molecule is O=C(C[C@@H]1[NH2+]CCNC1=O)Nc1cccc(C(F)(F)F)c1. The maximum Gasteiger partial charge on any atom is 0.416 e. The molecule has 114 valence electrons. The van der Waals surface area contributed by atoms with Crippen LogP contribution >= 0.6 is 0 Å². The predicted octanol–water partition coefficient (Wildman–Crippen LogP) is 0.0958. The number of carbonyl (C=O) groups excluding carboxylic acids is 2. The zero-order valence-electron chi connectivity index (χ0n) is 11.0. The lowest BCUT2D eigenvalue weighted by Crippen LogP contribution is -2.96. The molecule has 1 saturated heterocycles. The number of anilines is 1. The number of carbonyl (C=O) groups is 2. The number of rotatable bonds is 3. The number of quaternary nitrogens is 1. The highest BCUT2D eigenvalue weighted by molar-refractivity contribution is 5.94. The van der Waals surface area contributed by atoms with Crippen molar-refractivity contribution in [3.05, 3.63) is 29.8 Å². The van der Waals surface area contributed by atoms with Crippen molar-refractivity contribution >= 4 is 17.5 Å². The molecule has 2 rings (SSSR count). The smallest absolute Gasteiger partial charge is 0.345 e. The van der Waals surface area contributed by atoms with Gasteiger partial charge in [0.2, 0.25) is 5.91 Å². The zero-order valence-corrected chi connectivity index (χ0v) is 11.0. The number of hydrogen-bond acceptors (Lipinski definition) is 2. The van der Waals surface area contributed by atoms with Crippen molar-refractivity contribution in [3.8, 4) is 0 Å². The van der Waals surface area contributed by atoms with Crippen molar-refractivity contribution in [3.63, 3.8) is 0 Å². The molecule has 1 aromatic carbocycles. The van der Waals surface area contributed by atoms with Crippen molar-refractivity contribution in [2.45, 2.75) is 18.6 Å². The van der Waals surface area contributed by atoms with E-state index in [1.165, 1.54) is 12.1 Å². The van der Waals surface area contributed by atoms with Crippen LogP contribution < -0.4 is 16.0 Å². The maximum atomic E-state index is 12.6. The molecule has 2 amide bonds. The van der Waals surface area contributed by atoms with Crippen molar-refractivity contribution < 1.29 is 28.1 Å². The largest absolute Gasteiger partial charge is 0.416 e. The Morgan fingerprint density at radius 1 is 1.43 bits per heavy atom. The van der Waals surface area contributed by atoms with E-state index < -0.39 is 23.7 Å². The number of benzene rings is 1. The number of amides is 2. The molecule has 0 spiro atoms. The van der Waals surface area contributed by atoms with E-state index in [2.05, 4.69) is 10.6 Å². The molecule has 0 radical (unpaired) electrons. The number of halogens is 3. The Balaban J connectivity index is 1.98. The average Bonchev–Trinajstić information content (AvgIpc) is 2.41. The van der Waals surface area contributed by atoms with E-state index in [9.17, 15) is 22.8 Å². The molecule has 0 unspecified atom stereocenters. The molecular formula is C13H15F3N3O2+. The first-order valence-electron chi connectivity index (χ1n) is 6.44. The molecule has 0 bridgehead atoms. The van der Waals surface area contributed by atoms with Crippen LogP contribution in [0, 0.1) is 0 Å². The van der Waals surface area contributed by atoms with Gasteiger partial charge in [0.15, 0.2) is 6.04 Å². The van der Waals surface area contributed by atoms with Crippen molar-refractivity contribution in [1.29, 1.82) is 0 Å². The number of nitrogens with one attached hydrogen (secondary N) is 2. The predicted molar refractivity (Wildman–Crippen MR) is 68.3 cm³/mol. The van der Waals surface area contributed by atoms with Gasteiger partial charge in [-0.15, -0.1) is 0 Å². The molecule has 0 saturated carbocycles. The monoisotopic (exact) mass is 302 g/mol. The second-order valence-corrected chi connectivity index (χ2v) is 4.75. The van der Waals surface area contributed by atoms with Crippen LogP contribution in [0.4, 0.5) is 18.9 Å². The Hall–Kier alpha value is -2.09. The van der Waals surface area contributed by atoms with Gasteiger partial charge in [0.05, 0.1) is 25.1 Å². The summed E-state index contributed by atoms with van der Waals surface area (Å²) in [6, 6.07) is 3.85. The average molecular weight is 302 g/mol. The van der Waals surface area contributed by atoms with Gasteiger partial charge >= 0.3 is 6.18 Å². The van der Waals surface area contributed by atoms with E-state index in [-0.39, 0.29) is 18.0 Å². The third kappa shape index (κ3) is 4.19. The van der Waals surface area contributed by atoms with Crippen molar-refractivity contribution in [2.75, 3.05) is 18.4 Å². The lowest BCUT2D eigenvalue weighted by atomic mass is 10.1. The van der Waals surface area contributed by atoms with E-state index in [1.807, 2.05) is 0 Å². The van der Waals surface area contributed by atoms with Crippen molar-refractivity contribution in [2.24, 2.45) is 0 Å². The third-order valence-corrected chi connectivity index (χ3v) is 3.11. The topological polar surface area (TPSA) is 74.8 Å². The standard InChI is InChI=1S/C13H14F3N3O2/c14-13(15,16)8-2-1-3-9(6-8)19-11(20)7-10-12(21)18-5-4-17-10/h1-3,6,10,17H,4-5,7H2,(H,18,21)(H,19,20)/p+1/t10-/m0/s1. The second-order valence-electron chi connectivity index (χ2n) is 4.75. The number of piperazine rings is 1. The minimum absolute atomic E-state index is 0.0612. The molecular weight excluding hydrogens is 287 g/mol. The van der Waals surface area contributed by atoms with E-state index in [0.717, 1.165) is 12.1 Å². The Morgan fingerprint density at radius 2 is 2.19 bits per heavy atom. The third-order valence-electron chi connectivity index (χ3n) is 3.11. The molecule has 4 N–H and O–H groups in total. The van der Waals surface area contributed by atoms with Gasteiger partial charge in [-0.2, -0.15) is 13.2 Å². The summed E-state index contributed by atoms with van der Waals surface area (Å²) in [5.41, 5.74) is -0.770. The highest BCUT2D eigenvalue weighted by Gasteiger charge is 2.31. The van der Waals surface area contributed by atoms with Gasteiger partial charge in [-0.05, 0) is 18.2 Å². The minimum atomic E-state index is -4.46. The highest BCUT2D eigenvalue weighted by Crippen LogP contribution is 2.30. The van der Waals surface area contributed by atoms with Crippen LogP contribution in [0.25, 0.3) is 0 Å². The van der Waals surface area contributed by atoms with Crippen LogP contribution in [0.15, 0.2) is 24.3 Å². The van der Waals surface area contributed by atoms with E-state index in [1.54, 1.807) is 5.32 Å². The minimum Gasteiger partial charge on any atom is -0.345 e. The van der Waals surface area contributed by atoms with Crippen LogP contribution in [0.2, 0.25) is 0 Å². The molecule has 1 heterocycles. The molecule has 1 fully saturated rings. The van der Waals surface area contributed by atoms with Gasteiger partial charge < -0.3 is 16.0 Å². The summed E-state index contributed by atoms with van der Waals surface area (Å²) in [5, 5.41) is 6.76. The van der Waals surface area contributed by atoms with E-state index in [4.69, 9.17) is 0 Å². The van der Waals surface area contributed by atoms with E-state index in [0.29, 0.717) is 13.1 Å². The molecule has 8 heteroatoms. The molecule has 1 aliphatic heterocycles. The van der Waals surface area contributed by atoms with Gasteiger partial charge in [-0.1, -0.05) is 6.07 Å². The fourth-order valence-electron chi connectivity index (χ4n) is 2.08. The summed E-state index contributed by atoms with van der Waals surface area (Å²) in [7, 11) is 0. The molecule has 5 nitrogen and oxygen atoms in total. The second kappa shape index (κ2) is 6.13. The summed E-state index contributed by atoms with van der Waals surface area (Å²) >= 11 is 0. The van der Waals surface area contributed by atoms with Crippen LogP contribution in [0.1, 0.15) is 12.0 Å². The zero-order chi connectivity index (χ0) is 15.5. The first kappa shape index (κ1) is 15.3. The van der Waals surface area contributed by atoms with Crippen LogP contribution in [-0.2, 0) is 15.8 Å². The molecule has 0 aliphatic carbocycles. The van der Waals surface area contributed by atoms with Crippen LogP contribution in [-0.4, -0.2) is 30.9 Å². The summed E-state index contributed by atoms with van der Waals surface area (Å²) in [4.78, 5) is 23.3.